The van der Waals surface area contributed by atoms with Gasteiger partial charge in [-0.05, 0) is 42.0 Å². The van der Waals surface area contributed by atoms with E-state index in [0.29, 0.717) is 5.92 Å². The van der Waals surface area contributed by atoms with Crippen molar-refractivity contribution in [1.82, 2.24) is 0 Å². The quantitative estimate of drug-likeness (QED) is 0.885. The summed E-state index contributed by atoms with van der Waals surface area (Å²) in [5.74, 6) is 1.70. The minimum absolute atomic E-state index is 0.187. The molecule has 2 unspecified atom stereocenters. The second-order valence-electron chi connectivity index (χ2n) is 5.36. The molecule has 0 bridgehead atoms. The zero-order valence-electron chi connectivity index (χ0n) is 11.2. The molecular formula is C15H22ClNO. The summed E-state index contributed by atoms with van der Waals surface area (Å²) in [6.45, 7) is 5.22. The first kappa shape index (κ1) is 13.7. The van der Waals surface area contributed by atoms with Gasteiger partial charge in [-0.1, -0.05) is 31.9 Å². The van der Waals surface area contributed by atoms with E-state index in [2.05, 4.69) is 13.8 Å². The van der Waals surface area contributed by atoms with E-state index in [1.54, 1.807) is 0 Å². The summed E-state index contributed by atoms with van der Waals surface area (Å²) in [5.41, 5.74) is 8.63. The predicted molar refractivity (Wildman–Crippen MR) is 76.4 cm³/mol. The second-order valence-corrected chi connectivity index (χ2v) is 5.80. The van der Waals surface area contributed by atoms with Gasteiger partial charge >= 0.3 is 0 Å². The number of benzene rings is 1. The molecule has 1 aromatic rings. The smallest absolute Gasteiger partial charge is 0.125 e. The Bertz CT molecular complexity index is 419. The van der Waals surface area contributed by atoms with Gasteiger partial charge in [-0.15, -0.1) is 0 Å². The van der Waals surface area contributed by atoms with E-state index < -0.39 is 0 Å². The fraction of sp³-hybridized carbons (Fsp3) is 0.600. The van der Waals surface area contributed by atoms with Gasteiger partial charge in [0.25, 0.3) is 0 Å². The number of hydrogen-bond acceptors (Lipinski definition) is 2. The summed E-state index contributed by atoms with van der Waals surface area (Å²) >= 11 is 6.15. The molecule has 100 valence electrons. The van der Waals surface area contributed by atoms with Crippen LogP contribution < -0.4 is 10.5 Å². The molecule has 0 amide bonds. The first-order chi connectivity index (χ1) is 8.60. The Morgan fingerprint density at radius 2 is 2.22 bits per heavy atom. The van der Waals surface area contributed by atoms with Crippen molar-refractivity contribution in [1.29, 1.82) is 0 Å². The molecule has 2 atom stereocenters. The van der Waals surface area contributed by atoms with Crippen LogP contribution in [0.1, 0.15) is 37.8 Å². The van der Waals surface area contributed by atoms with Gasteiger partial charge in [0.2, 0.25) is 0 Å². The van der Waals surface area contributed by atoms with Crippen molar-refractivity contribution in [2.45, 2.75) is 45.6 Å². The van der Waals surface area contributed by atoms with E-state index in [-0.39, 0.29) is 6.04 Å². The van der Waals surface area contributed by atoms with Crippen LogP contribution >= 0.6 is 11.6 Å². The lowest BCUT2D eigenvalue weighted by Crippen LogP contribution is -2.25. The normalized spacial score (nSPS) is 17.1. The molecule has 1 aliphatic heterocycles. The third kappa shape index (κ3) is 3.18. The molecule has 2 N–H and O–H groups in total. The van der Waals surface area contributed by atoms with Gasteiger partial charge in [0.05, 0.1) is 6.61 Å². The Hall–Kier alpha value is -0.730. The minimum atomic E-state index is 0.187. The van der Waals surface area contributed by atoms with Crippen molar-refractivity contribution < 1.29 is 4.74 Å². The number of nitrogens with two attached hydrogens (primary N) is 1. The first-order valence-corrected chi connectivity index (χ1v) is 7.17. The number of halogens is 1. The van der Waals surface area contributed by atoms with Crippen LogP contribution in [0.4, 0.5) is 0 Å². The maximum atomic E-state index is 6.23. The lowest BCUT2D eigenvalue weighted by Gasteiger charge is -2.17. The molecule has 3 heteroatoms. The Kier molecular flexibility index (Phi) is 4.52. The third-order valence-electron chi connectivity index (χ3n) is 3.71. The monoisotopic (exact) mass is 267 g/mol. The van der Waals surface area contributed by atoms with Gasteiger partial charge in [0.15, 0.2) is 0 Å². The number of rotatable bonds is 5. The van der Waals surface area contributed by atoms with Crippen molar-refractivity contribution in [3.05, 3.63) is 28.3 Å². The summed E-state index contributed by atoms with van der Waals surface area (Å²) in [4.78, 5) is 0. The number of ether oxygens (including phenoxy) is 1. The molecule has 0 aromatic heterocycles. The third-order valence-corrected chi connectivity index (χ3v) is 3.93. The summed E-state index contributed by atoms with van der Waals surface area (Å²) < 4.78 is 5.70. The van der Waals surface area contributed by atoms with Crippen LogP contribution in [0, 0.1) is 5.92 Å². The van der Waals surface area contributed by atoms with Crippen LogP contribution in [-0.2, 0) is 12.8 Å². The largest absolute Gasteiger partial charge is 0.493 e. The van der Waals surface area contributed by atoms with Gasteiger partial charge in [-0.3, -0.25) is 0 Å². The molecule has 2 rings (SSSR count). The second kappa shape index (κ2) is 5.94. The summed E-state index contributed by atoms with van der Waals surface area (Å²) in [7, 11) is 0. The van der Waals surface area contributed by atoms with Gasteiger partial charge in [-0.2, -0.15) is 0 Å². The van der Waals surface area contributed by atoms with Crippen molar-refractivity contribution >= 4 is 11.6 Å². The van der Waals surface area contributed by atoms with Gasteiger partial charge in [-0.25, -0.2) is 0 Å². The van der Waals surface area contributed by atoms with E-state index in [1.807, 2.05) is 12.1 Å². The van der Waals surface area contributed by atoms with E-state index in [1.165, 1.54) is 17.5 Å². The molecule has 0 radical (unpaired) electrons. The molecule has 2 nitrogen and oxygen atoms in total. The highest BCUT2D eigenvalue weighted by atomic mass is 35.5. The van der Waals surface area contributed by atoms with Crippen LogP contribution in [0.5, 0.6) is 5.75 Å². The van der Waals surface area contributed by atoms with E-state index in [0.717, 1.165) is 36.6 Å². The van der Waals surface area contributed by atoms with Crippen molar-refractivity contribution in [3.8, 4) is 5.75 Å². The minimum Gasteiger partial charge on any atom is -0.493 e. The molecule has 0 saturated heterocycles. The maximum Gasteiger partial charge on any atom is 0.125 e. The van der Waals surface area contributed by atoms with Crippen molar-refractivity contribution in [2.75, 3.05) is 6.61 Å². The van der Waals surface area contributed by atoms with Crippen LogP contribution in [0.3, 0.4) is 0 Å². The maximum absolute atomic E-state index is 6.23. The average molecular weight is 268 g/mol. The number of fused-ring (bicyclic) bond motifs is 1. The lowest BCUT2D eigenvalue weighted by atomic mass is 9.94. The highest BCUT2D eigenvalue weighted by Gasteiger charge is 2.19. The van der Waals surface area contributed by atoms with E-state index in [9.17, 15) is 0 Å². The van der Waals surface area contributed by atoms with Gasteiger partial charge < -0.3 is 10.5 Å². The Morgan fingerprint density at radius 1 is 1.44 bits per heavy atom. The average Bonchev–Trinajstić information content (AvgIpc) is 2.76. The van der Waals surface area contributed by atoms with Gasteiger partial charge in [0.1, 0.15) is 5.75 Å². The molecule has 1 aliphatic rings. The topological polar surface area (TPSA) is 35.2 Å². The molecule has 0 spiro atoms. The summed E-state index contributed by atoms with van der Waals surface area (Å²) in [6, 6.07) is 4.20. The Balaban J connectivity index is 2.09. The standard InChI is InChI=1S/C15H22ClNO/c1-3-10(2)6-14(17)9-12-8-13(16)7-11-4-5-18-15(11)12/h7-8,10,14H,3-6,9,17H2,1-2H3. The fourth-order valence-electron chi connectivity index (χ4n) is 2.55. The highest BCUT2D eigenvalue weighted by molar-refractivity contribution is 6.30. The SMILES string of the molecule is CCC(C)CC(N)Cc1cc(Cl)cc2c1OCC2. The summed E-state index contributed by atoms with van der Waals surface area (Å²) in [5, 5.41) is 0.796. The summed E-state index contributed by atoms with van der Waals surface area (Å²) in [6.07, 6.45) is 4.05. The molecule has 1 aromatic carbocycles. The fourth-order valence-corrected chi connectivity index (χ4v) is 2.81. The number of hydrogen-bond donors (Lipinski definition) is 1. The van der Waals surface area contributed by atoms with Crippen molar-refractivity contribution in [2.24, 2.45) is 11.7 Å². The van der Waals surface area contributed by atoms with Gasteiger partial charge in [0, 0.05) is 17.5 Å². The Labute approximate surface area is 114 Å². The predicted octanol–water partition coefficient (Wildman–Crippen LogP) is 3.58. The van der Waals surface area contributed by atoms with Crippen LogP contribution in [0.15, 0.2) is 12.1 Å². The molecule has 18 heavy (non-hydrogen) atoms. The van der Waals surface area contributed by atoms with Crippen LogP contribution in [-0.4, -0.2) is 12.6 Å². The molecule has 0 fully saturated rings. The highest BCUT2D eigenvalue weighted by Crippen LogP contribution is 2.33. The van der Waals surface area contributed by atoms with E-state index >= 15 is 0 Å². The van der Waals surface area contributed by atoms with Crippen molar-refractivity contribution in [3.63, 3.8) is 0 Å². The van der Waals surface area contributed by atoms with Crippen LogP contribution in [0.2, 0.25) is 5.02 Å². The molecular weight excluding hydrogens is 246 g/mol. The molecule has 0 saturated carbocycles. The zero-order chi connectivity index (χ0) is 13.1. The zero-order valence-corrected chi connectivity index (χ0v) is 12.0. The lowest BCUT2D eigenvalue weighted by molar-refractivity contribution is 0.351. The first-order valence-electron chi connectivity index (χ1n) is 6.79. The Morgan fingerprint density at radius 3 is 2.94 bits per heavy atom. The van der Waals surface area contributed by atoms with Crippen LogP contribution in [0.25, 0.3) is 0 Å². The molecule has 1 heterocycles. The van der Waals surface area contributed by atoms with E-state index in [4.69, 9.17) is 22.1 Å². The molecule has 0 aliphatic carbocycles.